The zero-order valence-corrected chi connectivity index (χ0v) is 15.4. The van der Waals surface area contributed by atoms with Crippen LogP contribution in [0.15, 0.2) is 55.0 Å². The first-order chi connectivity index (χ1) is 13.2. The maximum atomic E-state index is 10.8. The van der Waals surface area contributed by atoms with Crippen LogP contribution in [0.1, 0.15) is 24.5 Å². The molecule has 1 aromatic carbocycles. The molecule has 0 bridgehead atoms. The quantitative estimate of drug-likeness (QED) is 0.770. The summed E-state index contributed by atoms with van der Waals surface area (Å²) in [6.07, 6.45) is 6.86. The molecule has 1 saturated carbocycles. The van der Waals surface area contributed by atoms with Crippen LogP contribution < -0.4 is 9.64 Å². The van der Waals surface area contributed by atoms with E-state index < -0.39 is 6.10 Å². The Labute approximate surface area is 158 Å². The number of hydrogen-bond donors (Lipinski definition) is 1. The summed E-state index contributed by atoms with van der Waals surface area (Å²) in [6.45, 7) is 2.11. The number of rotatable bonds is 4. The fourth-order valence-electron chi connectivity index (χ4n) is 4.79. The fourth-order valence-corrected chi connectivity index (χ4v) is 4.79. The molecule has 1 atom stereocenters. The lowest BCUT2D eigenvalue weighted by Crippen LogP contribution is -2.63. The highest BCUT2D eigenvalue weighted by atomic mass is 16.5. The third-order valence-corrected chi connectivity index (χ3v) is 6.19. The van der Waals surface area contributed by atoms with Crippen LogP contribution in [0.25, 0.3) is 10.9 Å². The van der Waals surface area contributed by atoms with Crippen LogP contribution in [0.4, 0.5) is 5.69 Å². The number of anilines is 1. The van der Waals surface area contributed by atoms with Crippen LogP contribution >= 0.6 is 0 Å². The monoisotopic (exact) mass is 361 g/mol. The van der Waals surface area contributed by atoms with Gasteiger partial charge in [-0.2, -0.15) is 0 Å². The van der Waals surface area contributed by atoms with E-state index in [4.69, 9.17) is 4.74 Å². The van der Waals surface area contributed by atoms with Gasteiger partial charge in [-0.1, -0.05) is 12.1 Å². The van der Waals surface area contributed by atoms with Crippen molar-refractivity contribution in [2.45, 2.75) is 18.9 Å². The third kappa shape index (κ3) is 2.73. The Morgan fingerprint density at radius 2 is 2.04 bits per heavy atom. The second kappa shape index (κ2) is 6.20. The van der Waals surface area contributed by atoms with Gasteiger partial charge in [-0.3, -0.25) is 9.97 Å². The van der Waals surface area contributed by atoms with Crippen molar-refractivity contribution in [3.05, 3.63) is 60.6 Å². The zero-order valence-electron chi connectivity index (χ0n) is 15.4. The van der Waals surface area contributed by atoms with Crippen LogP contribution in [0.3, 0.4) is 0 Å². The van der Waals surface area contributed by atoms with Crippen LogP contribution in [-0.4, -0.2) is 35.3 Å². The number of fused-ring (bicyclic) bond motifs is 1. The Balaban J connectivity index is 1.24. The van der Waals surface area contributed by atoms with Crippen molar-refractivity contribution in [3.8, 4) is 5.75 Å². The topological polar surface area (TPSA) is 58.5 Å². The van der Waals surface area contributed by atoms with Gasteiger partial charge < -0.3 is 14.7 Å². The normalized spacial score (nSPS) is 19.6. The smallest absolute Gasteiger partial charge is 0.127 e. The molecular formula is C22H23N3O2. The SMILES string of the molecule is COc1ccncc1C(O)C1CC2(C1)CN(c1ccc3cccnc3c1)C2. The van der Waals surface area contributed by atoms with Crippen molar-refractivity contribution < 1.29 is 9.84 Å². The highest BCUT2D eigenvalue weighted by molar-refractivity contribution is 5.82. The predicted molar refractivity (Wildman–Crippen MR) is 105 cm³/mol. The Kier molecular flexibility index (Phi) is 3.79. The second-order valence-corrected chi connectivity index (χ2v) is 7.97. The van der Waals surface area contributed by atoms with E-state index in [0.29, 0.717) is 5.41 Å². The van der Waals surface area contributed by atoms with Gasteiger partial charge in [0.15, 0.2) is 0 Å². The minimum absolute atomic E-state index is 0.281. The summed E-state index contributed by atoms with van der Waals surface area (Å²) in [5, 5.41) is 11.9. The molecule has 2 fully saturated rings. The molecule has 0 amide bonds. The van der Waals surface area contributed by atoms with E-state index in [1.54, 1.807) is 19.5 Å². The predicted octanol–water partition coefficient (Wildman–Crippen LogP) is 3.59. The van der Waals surface area contributed by atoms with Gasteiger partial charge in [-0.25, -0.2) is 0 Å². The second-order valence-electron chi connectivity index (χ2n) is 7.97. The van der Waals surface area contributed by atoms with Gasteiger partial charge in [-0.15, -0.1) is 0 Å². The summed E-state index contributed by atoms with van der Waals surface area (Å²) >= 11 is 0. The van der Waals surface area contributed by atoms with Crippen molar-refractivity contribution in [1.29, 1.82) is 0 Å². The summed E-state index contributed by atoms with van der Waals surface area (Å²) in [5.74, 6) is 1.00. The molecule has 1 aliphatic heterocycles. The molecule has 5 rings (SSSR count). The summed E-state index contributed by atoms with van der Waals surface area (Å²) in [6, 6.07) is 12.4. The van der Waals surface area contributed by atoms with E-state index in [1.165, 1.54) is 11.1 Å². The first-order valence-electron chi connectivity index (χ1n) is 9.43. The van der Waals surface area contributed by atoms with Crippen molar-refractivity contribution in [3.63, 3.8) is 0 Å². The van der Waals surface area contributed by atoms with Gasteiger partial charge in [0.25, 0.3) is 0 Å². The highest BCUT2D eigenvalue weighted by Crippen LogP contribution is 2.56. The van der Waals surface area contributed by atoms with E-state index in [9.17, 15) is 5.11 Å². The molecule has 5 nitrogen and oxygen atoms in total. The number of ether oxygens (including phenoxy) is 1. The van der Waals surface area contributed by atoms with Crippen molar-refractivity contribution in [2.75, 3.05) is 25.1 Å². The molecule has 1 saturated heterocycles. The minimum Gasteiger partial charge on any atom is -0.496 e. The molecule has 1 N–H and O–H groups in total. The Hall–Kier alpha value is -2.66. The minimum atomic E-state index is -0.502. The van der Waals surface area contributed by atoms with Gasteiger partial charge in [0.1, 0.15) is 5.75 Å². The van der Waals surface area contributed by atoms with Gasteiger partial charge >= 0.3 is 0 Å². The number of hydrogen-bond acceptors (Lipinski definition) is 5. The molecule has 138 valence electrons. The van der Waals surface area contributed by atoms with Crippen molar-refractivity contribution in [2.24, 2.45) is 11.3 Å². The molecular weight excluding hydrogens is 338 g/mol. The van der Waals surface area contributed by atoms with Gasteiger partial charge in [0, 0.05) is 53.7 Å². The van der Waals surface area contributed by atoms with Crippen LogP contribution in [-0.2, 0) is 0 Å². The van der Waals surface area contributed by atoms with Gasteiger partial charge in [-0.05, 0) is 43.0 Å². The Bertz CT molecular complexity index is 976. The molecule has 1 spiro atoms. The van der Waals surface area contributed by atoms with Crippen molar-refractivity contribution in [1.82, 2.24) is 9.97 Å². The van der Waals surface area contributed by atoms with E-state index in [1.807, 2.05) is 18.3 Å². The maximum Gasteiger partial charge on any atom is 0.127 e. The number of aromatic nitrogens is 2. The van der Waals surface area contributed by atoms with E-state index in [-0.39, 0.29) is 5.92 Å². The molecule has 27 heavy (non-hydrogen) atoms. The average Bonchev–Trinajstić information content (AvgIpc) is 2.65. The zero-order chi connectivity index (χ0) is 18.4. The molecule has 1 unspecified atom stereocenters. The molecule has 1 aliphatic carbocycles. The molecule has 0 radical (unpaired) electrons. The molecule has 3 heterocycles. The summed E-state index contributed by atoms with van der Waals surface area (Å²) in [5.41, 5.74) is 3.43. The van der Waals surface area contributed by atoms with Crippen molar-refractivity contribution >= 4 is 16.6 Å². The van der Waals surface area contributed by atoms with E-state index >= 15 is 0 Å². The van der Waals surface area contributed by atoms with Crippen LogP contribution in [0, 0.1) is 11.3 Å². The van der Waals surface area contributed by atoms with Crippen LogP contribution in [0.5, 0.6) is 5.75 Å². The molecule has 5 heteroatoms. The lowest BCUT2D eigenvalue weighted by atomic mass is 9.55. The Morgan fingerprint density at radius 3 is 2.85 bits per heavy atom. The first-order valence-corrected chi connectivity index (χ1v) is 9.43. The lowest BCUT2D eigenvalue weighted by molar-refractivity contribution is -0.0516. The summed E-state index contributed by atoms with van der Waals surface area (Å²) < 4.78 is 5.37. The third-order valence-electron chi connectivity index (χ3n) is 6.19. The lowest BCUT2D eigenvalue weighted by Gasteiger charge is -2.60. The van der Waals surface area contributed by atoms with E-state index in [0.717, 1.165) is 42.8 Å². The molecule has 3 aromatic rings. The largest absolute Gasteiger partial charge is 0.496 e. The van der Waals surface area contributed by atoms with Gasteiger partial charge in [0.2, 0.25) is 0 Å². The maximum absolute atomic E-state index is 10.8. The highest BCUT2D eigenvalue weighted by Gasteiger charge is 2.54. The van der Waals surface area contributed by atoms with Crippen LogP contribution in [0.2, 0.25) is 0 Å². The average molecular weight is 361 g/mol. The standard InChI is InChI=1S/C22H23N3O2/c1-27-20-6-8-23-12-18(20)21(26)16-10-22(11-16)13-25(14-22)17-5-4-15-3-2-7-24-19(15)9-17/h2-9,12,16,21,26H,10-11,13-14H2,1H3. The number of pyridine rings is 2. The number of benzene rings is 1. The first kappa shape index (κ1) is 16.5. The van der Waals surface area contributed by atoms with E-state index in [2.05, 4.69) is 39.1 Å². The summed E-state index contributed by atoms with van der Waals surface area (Å²) in [7, 11) is 1.63. The molecule has 2 aliphatic rings. The number of aliphatic hydroxyl groups excluding tert-OH is 1. The molecule has 2 aromatic heterocycles. The number of nitrogens with zero attached hydrogens (tertiary/aromatic N) is 3. The Morgan fingerprint density at radius 1 is 1.19 bits per heavy atom. The van der Waals surface area contributed by atoms with Gasteiger partial charge in [0.05, 0.1) is 18.7 Å². The number of methoxy groups -OCH3 is 1. The fraction of sp³-hybridized carbons (Fsp3) is 0.364. The number of aliphatic hydroxyl groups is 1. The summed E-state index contributed by atoms with van der Waals surface area (Å²) in [4.78, 5) is 11.0.